The van der Waals surface area contributed by atoms with Gasteiger partial charge in [-0.2, -0.15) is 5.10 Å². The molecule has 1 aromatic carbocycles. The Morgan fingerprint density at radius 1 is 1.28 bits per heavy atom. The summed E-state index contributed by atoms with van der Waals surface area (Å²) < 4.78 is 5.66. The van der Waals surface area contributed by atoms with Crippen molar-refractivity contribution in [2.75, 3.05) is 6.61 Å². The first-order chi connectivity index (χ1) is 12.0. The fourth-order valence-corrected chi connectivity index (χ4v) is 3.50. The molecule has 1 saturated carbocycles. The van der Waals surface area contributed by atoms with Gasteiger partial charge in [0, 0.05) is 6.04 Å². The lowest BCUT2D eigenvalue weighted by Crippen LogP contribution is -2.40. The lowest BCUT2D eigenvalue weighted by atomic mass is 9.96. The van der Waals surface area contributed by atoms with Crippen molar-refractivity contribution in [3.63, 3.8) is 0 Å². The summed E-state index contributed by atoms with van der Waals surface area (Å²) in [5, 5.41) is 8.93. The molecule has 7 heteroatoms. The molecule has 0 bridgehead atoms. The van der Waals surface area contributed by atoms with Crippen LogP contribution in [0.15, 0.2) is 17.2 Å². The molecule has 4 nitrogen and oxygen atoms in total. The topological polar surface area (TPSA) is 45.6 Å². The molecule has 1 aromatic rings. The summed E-state index contributed by atoms with van der Waals surface area (Å²) in [6.45, 7) is 4.70. The number of hydrogen-bond acceptors (Lipinski definition) is 3. The van der Waals surface area contributed by atoms with Crippen molar-refractivity contribution < 1.29 is 4.74 Å². The first-order valence-corrected chi connectivity index (χ1v) is 9.83. The minimum atomic E-state index is 0.398. The van der Waals surface area contributed by atoms with E-state index in [1.54, 1.807) is 18.3 Å². The second-order valence-corrected chi connectivity index (χ2v) is 7.92. The van der Waals surface area contributed by atoms with E-state index in [4.69, 9.17) is 40.2 Å². The van der Waals surface area contributed by atoms with Gasteiger partial charge in [-0.05, 0) is 48.7 Å². The van der Waals surface area contributed by atoms with Gasteiger partial charge in [0.2, 0.25) is 0 Å². The number of nitrogens with one attached hydrogen (secondary N) is 2. The van der Waals surface area contributed by atoms with Crippen molar-refractivity contribution >= 4 is 46.7 Å². The zero-order chi connectivity index (χ0) is 18.2. The largest absolute Gasteiger partial charge is 0.490 e. The molecule has 0 aliphatic heterocycles. The highest BCUT2D eigenvalue weighted by molar-refractivity contribution is 7.80. The van der Waals surface area contributed by atoms with Gasteiger partial charge in [0.25, 0.3) is 0 Å². The smallest absolute Gasteiger partial charge is 0.187 e. The zero-order valence-corrected chi connectivity index (χ0v) is 17.0. The SMILES string of the molecule is CC(C)COc1c(Cl)cc(/C=N\NC(=S)NC2CCCCC2)cc1Cl. The fourth-order valence-electron chi connectivity index (χ4n) is 2.67. The van der Waals surface area contributed by atoms with Gasteiger partial charge in [0.1, 0.15) is 0 Å². The molecule has 0 aromatic heterocycles. The summed E-state index contributed by atoms with van der Waals surface area (Å²) in [4.78, 5) is 0. The maximum Gasteiger partial charge on any atom is 0.187 e. The molecule has 138 valence electrons. The Morgan fingerprint density at radius 2 is 1.92 bits per heavy atom. The van der Waals surface area contributed by atoms with Crippen molar-refractivity contribution in [2.24, 2.45) is 11.0 Å². The highest BCUT2D eigenvalue weighted by Gasteiger charge is 2.13. The van der Waals surface area contributed by atoms with Crippen LogP contribution in [0.2, 0.25) is 10.0 Å². The molecule has 0 unspecified atom stereocenters. The van der Waals surface area contributed by atoms with Crippen LogP contribution >= 0.6 is 35.4 Å². The first kappa shape index (κ1) is 20.3. The van der Waals surface area contributed by atoms with E-state index < -0.39 is 0 Å². The van der Waals surface area contributed by atoms with Gasteiger partial charge in [-0.3, -0.25) is 5.43 Å². The van der Waals surface area contributed by atoms with Crippen LogP contribution < -0.4 is 15.5 Å². The van der Waals surface area contributed by atoms with Crippen LogP contribution in [0.1, 0.15) is 51.5 Å². The van der Waals surface area contributed by atoms with Crippen LogP contribution in [0.25, 0.3) is 0 Å². The Bertz CT molecular complexity index is 593. The van der Waals surface area contributed by atoms with Crippen molar-refractivity contribution in [3.05, 3.63) is 27.7 Å². The molecule has 0 amide bonds. The summed E-state index contributed by atoms with van der Waals surface area (Å²) >= 11 is 17.8. The molecule has 1 fully saturated rings. The average molecular weight is 402 g/mol. The van der Waals surface area contributed by atoms with Crippen LogP contribution in [-0.2, 0) is 0 Å². The van der Waals surface area contributed by atoms with Crippen molar-refractivity contribution in [1.82, 2.24) is 10.7 Å². The van der Waals surface area contributed by atoms with Gasteiger partial charge in [-0.1, -0.05) is 56.3 Å². The monoisotopic (exact) mass is 401 g/mol. The normalized spacial score (nSPS) is 15.6. The molecule has 1 aliphatic rings. The fraction of sp³-hybridized carbons (Fsp3) is 0.556. The number of halogens is 2. The minimum absolute atomic E-state index is 0.398. The minimum Gasteiger partial charge on any atom is -0.490 e. The van der Waals surface area contributed by atoms with Crippen molar-refractivity contribution in [1.29, 1.82) is 0 Å². The number of hydrazone groups is 1. The molecule has 2 rings (SSSR count). The van der Waals surface area contributed by atoms with E-state index in [-0.39, 0.29) is 0 Å². The van der Waals surface area contributed by atoms with E-state index in [9.17, 15) is 0 Å². The Morgan fingerprint density at radius 3 is 2.52 bits per heavy atom. The lowest BCUT2D eigenvalue weighted by Gasteiger charge is -2.23. The number of hydrogen-bond donors (Lipinski definition) is 2. The van der Waals surface area contributed by atoms with Crippen LogP contribution in [0.5, 0.6) is 5.75 Å². The van der Waals surface area contributed by atoms with Crippen LogP contribution in [0.4, 0.5) is 0 Å². The Hall–Kier alpha value is -1.04. The summed E-state index contributed by atoms with van der Waals surface area (Å²) in [5.41, 5.74) is 3.62. The maximum atomic E-state index is 6.26. The summed E-state index contributed by atoms with van der Waals surface area (Å²) in [6.07, 6.45) is 7.79. The van der Waals surface area contributed by atoms with E-state index >= 15 is 0 Å². The van der Waals surface area contributed by atoms with E-state index in [2.05, 4.69) is 29.7 Å². The third-order valence-corrected chi connectivity index (χ3v) is 4.67. The van der Waals surface area contributed by atoms with Crippen LogP contribution in [-0.4, -0.2) is 24.0 Å². The predicted molar refractivity (Wildman–Crippen MR) is 110 cm³/mol. The molecule has 25 heavy (non-hydrogen) atoms. The predicted octanol–water partition coefficient (Wildman–Crippen LogP) is 5.16. The molecule has 0 atom stereocenters. The molecule has 0 heterocycles. The highest BCUT2D eigenvalue weighted by atomic mass is 35.5. The third-order valence-electron chi connectivity index (χ3n) is 3.90. The van der Waals surface area contributed by atoms with Gasteiger partial charge < -0.3 is 10.1 Å². The Balaban J connectivity index is 1.88. The lowest BCUT2D eigenvalue weighted by molar-refractivity contribution is 0.271. The maximum absolute atomic E-state index is 6.26. The molecule has 0 radical (unpaired) electrons. The molecule has 2 N–H and O–H groups in total. The quantitative estimate of drug-likeness (QED) is 0.392. The number of rotatable bonds is 6. The van der Waals surface area contributed by atoms with Gasteiger partial charge in [0.15, 0.2) is 10.9 Å². The standard InChI is InChI=1S/C18H25Cl2N3OS/c1-12(2)11-24-17-15(19)8-13(9-16(17)20)10-21-23-18(25)22-14-6-4-3-5-7-14/h8-10,12,14H,3-7,11H2,1-2H3,(H2,22,23,25)/b21-10-. The molecular weight excluding hydrogens is 377 g/mol. The second-order valence-electron chi connectivity index (χ2n) is 6.70. The van der Waals surface area contributed by atoms with Crippen molar-refractivity contribution in [2.45, 2.75) is 52.0 Å². The molecule has 1 aliphatic carbocycles. The number of benzene rings is 1. The van der Waals surface area contributed by atoms with Gasteiger partial charge in [-0.15, -0.1) is 0 Å². The molecule has 0 saturated heterocycles. The number of thiocarbonyl (C=S) groups is 1. The summed E-state index contributed by atoms with van der Waals surface area (Å²) in [5.74, 6) is 0.909. The van der Waals surface area contributed by atoms with Gasteiger partial charge in [0.05, 0.1) is 22.9 Å². The third kappa shape index (κ3) is 7.00. The van der Waals surface area contributed by atoms with E-state index in [0.29, 0.717) is 39.5 Å². The van der Waals surface area contributed by atoms with E-state index in [1.165, 1.54) is 19.3 Å². The second kappa shape index (κ2) is 10.2. The highest BCUT2D eigenvalue weighted by Crippen LogP contribution is 2.34. The summed E-state index contributed by atoms with van der Waals surface area (Å²) in [6, 6.07) is 3.99. The Kier molecular flexibility index (Phi) is 8.27. The van der Waals surface area contributed by atoms with E-state index in [0.717, 1.165) is 18.4 Å². The van der Waals surface area contributed by atoms with E-state index in [1.807, 2.05) is 0 Å². The molecule has 0 spiro atoms. The number of nitrogens with zero attached hydrogens (tertiary/aromatic N) is 1. The Labute approximate surface area is 165 Å². The average Bonchev–Trinajstić information content (AvgIpc) is 2.54. The van der Waals surface area contributed by atoms with Crippen molar-refractivity contribution in [3.8, 4) is 5.75 Å². The van der Waals surface area contributed by atoms with Crippen LogP contribution in [0.3, 0.4) is 0 Å². The van der Waals surface area contributed by atoms with Gasteiger partial charge in [-0.25, -0.2) is 0 Å². The molecular formula is C18H25Cl2N3OS. The summed E-state index contributed by atoms with van der Waals surface area (Å²) in [7, 11) is 0. The van der Waals surface area contributed by atoms with Crippen LogP contribution in [0, 0.1) is 5.92 Å². The number of ether oxygens (including phenoxy) is 1. The van der Waals surface area contributed by atoms with Gasteiger partial charge >= 0.3 is 0 Å². The zero-order valence-electron chi connectivity index (χ0n) is 14.6. The first-order valence-electron chi connectivity index (χ1n) is 8.67.